The molecule has 0 unspecified atom stereocenters. The fourth-order valence-corrected chi connectivity index (χ4v) is 2.37. The van der Waals surface area contributed by atoms with Crippen molar-refractivity contribution in [2.24, 2.45) is 5.10 Å². The SMILES string of the molecule is COc1ccc(C(=O)N/N=C(/C)CC(=O)Nc2cc(Cl)ccc2OC)cc1. The van der Waals surface area contributed by atoms with Crippen molar-refractivity contribution in [3.8, 4) is 11.5 Å². The summed E-state index contributed by atoms with van der Waals surface area (Å²) in [6.45, 7) is 1.64. The van der Waals surface area contributed by atoms with Gasteiger partial charge in [-0.25, -0.2) is 5.43 Å². The van der Waals surface area contributed by atoms with Gasteiger partial charge in [0.25, 0.3) is 5.91 Å². The summed E-state index contributed by atoms with van der Waals surface area (Å²) in [6, 6.07) is 11.5. The van der Waals surface area contributed by atoms with Gasteiger partial charge in [0.1, 0.15) is 11.5 Å². The van der Waals surface area contributed by atoms with Crippen LogP contribution in [-0.4, -0.2) is 31.7 Å². The topological polar surface area (TPSA) is 89.0 Å². The van der Waals surface area contributed by atoms with E-state index in [0.29, 0.717) is 33.5 Å². The smallest absolute Gasteiger partial charge is 0.271 e. The van der Waals surface area contributed by atoms with Gasteiger partial charge in [-0.1, -0.05) is 11.6 Å². The lowest BCUT2D eigenvalue weighted by molar-refractivity contribution is -0.115. The van der Waals surface area contributed by atoms with E-state index >= 15 is 0 Å². The fourth-order valence-electron chi connectivity index (χ4n) is 2.20. The van der Waals surface area contributed by atoms with Gasteiger partial charge in [0.05, 0.1) is 26.3 Å². The second-order valence-corrected chi connectivity index (χ2v) is 6.02. The first-order valence-corrected chi connectivity index (χ1v) is 8.41. The highest BCUT2D eigenvalue weighted by atomic mass is 35.5. The van der Waals surface area contributed by atoms with Crippen molar-refractivity contribution >= 4 is 34.8 Å². The summed E-state index contributed by atoms with van der Waals surface area (Å²) in [5.74, 6) is 0.457. The predicted octanol–water partition coefficient (Wildman–Crippen LogP) is 3.49. The highest BCUT2D eigenvalue weighted by molar-refractivity contribution is 6.31. The molecule has 0 saturated heterocycles. The molecule has 2 N–H and O–H groups in total. The Labute approximate surface area is 162 Å². The normalized spacial score (nSPS) is 10.9. The van der Waals surface area contributed by atoms with Crippen LogP contribution in [0.4, 0.5) is 5.69 Å². The van der Waals surface area contributed by atoms with E-state index in [1.54, 1.807) is 56.5 Å². The van der Waals surface area contributed by atoms with Crippen LogP contribution in [0.15, 0.2) is 47.6 Å². The van der Waals surface area contributed by atoms with Crippen molar-refractivity contribution in [3.05, 3.63) is 53.1 Å². The predicted molar refractivity (Wildman–Crippen MR) is 105 cm³/mol. The molecule has 0 heterocycles. The lowest BCUT2D eigenvalue weighted by Crippen LogP contribution is -2.21. The number of benzene rings is 2. The Morgan fingerprint density at radius 3 is 2.41 bits per heavy atom. The number of methoxy groups -OCH3 is 2. The van der Waals surface area contributed by atoms with Gasteiger partial charge in [-0.3, -0.25) is 9.59 Å². The number of amides is 2. The zero-order valence-electron chi connectivity index (χ0n) is 15.2. The molecule has 2 aromatic rings. The van der Waals surface area contributed by atoms with Crippen molar-refractivity contribution in [3.63, 3.8) is 0 Å². The number of nitrogens with one attached hydrogen (secondary N) is 2. The summed E-state index contributed by atoms with van der Waals surface area (Å²) in [5, 5.41) is 7.14. The third kappa shape index (κ3) is 6.00. The molecule has 0 aliphatic carbocycles. The maximum atomic E-state index is 12.2. The number of nitrogens with zero attached hydrogens (tertiary/aromatic N) is 1. The number of hydrogen-bond acceptors (Lipinski definition) is 5. The molecule has 7 nitrogen and oxygen atoms in total. The van der Waals surface area contributed by atoms with Gasteiger partial charge in [0, 0.05) is 16.3 Å². The monoisotopic (exact) mass is 389 g/mol. The Balaban J connectivity index is 1.93. The maximum Gasteiger partial charge on any atom is 0.271 e. The van der Waals surface area contributed by atoms with Crippen molar-refractivity contribution < 1.29 is 19.1 Å². The first-order valence-electron chi connectivity index (χ1n) is 8.04. The third-order valence-corrected chi connectivity index (χ3v) is 3.79. The second kappa shape index (κ2) is 9.59. The van der Waals surface area contributed by atoms with Gasteiger partial charge in [0.15, 0.2) is 0 Å². The zero-order chi connectivity index (χ0) is 19.8. The van der Waals surface area contributed by atoms with Crippen LogP contribution in [0.2, 0.25) is 5.02 Å². The van der Waals surface area contributed by atoms with E-state index in [1.165, 1.54) is 7.11 Å². The molecule has 2 amide bonds. The molecule has 0 atom stereocenters. The highest BCUT2D eigenvalue weighted by Crippen LogP contribution is 2.27. The average molecular weight is 390 g/mol. The maximum absolute atomic E-state index is 12.2. The summed E-state index contributed by atoms with van der Waals surface area (Å²) in [4.78, 5) is 24.2. The molecule has 142 valence electrons. The summed E-state index contributed by atoms with van der Waals surface area (Å²) < 4.78 is 10.2. The number of halogens is 1. The summed E-state index contributed by atoms with van der Waals surface area (Å²) in [5.41, 5.74) is 3.75. The van der Waals surface area contributed by atoms with E-state index in [9.17, 15) is 9.59 Å². The minimum absolute atomic E-state index is 0.00143. The van der Waals surface area contributed by atoms with Crippen LogP contribution in [0.1, 0.15) is 23.7 Å². The second-order valence-electron chi connectivity index (χ2n) is 5.59. The van der Waals surface area contributed by atoms with Crippen LogP contribution < -0.4 is 20.2 Å². The minimum atomic E-state index is -0.381. The van der Waals surface area contributed by atoms with Gasteiger partial charge in [0.2, 0.25) is 5.91 Å². The number of carbonyl (C=O) groups is 2. The first-order chi connectivity index (χ1) is 12.9. The van der Waals surface area contributed by atoms with Crippen molar-refractivity contribution in [2.45, 2.75) is 13.3 Å². The molecule has 0 radical (unpaired) electrons. The molecule has 2 rings (SSSR count). The van der Waals surface area contributed by atoms with Gasteiger partial charge in [-0.2, -0.15) is 5.10 Å². The quantitative estimate of drug-likeness (QED) is 0.560. The van der Waals surface area contributed by atoms with E-state index in [1.807, 2.05) is 0 Å². The van der Waals surface area contributed by atoms with E-state index in [0.717, 1.165) is 0 Å². The van der Waals surface area contributed by atoms with Gasteiger partial charge in [-0.15, -0.1) is 0 Å². The van der Waals surface area contributed by atoms with Crippen LogP contribution in [-0.2, 0) is 4.79 Å². The molecule has 0 spiro atoms. The largest absolute Gasteiger partial charge is 0.497 e. The Hall–Kier alpha value is -3.06. The van der Waals surface area contributed by atoms with Crippen molar-refractivity contribution in [1.82, 2.24) is 5.43 Å². The summed E-state index contributed by atoms with van der Waals surface area (Å²) in [6.07, 6.45) is -0.00143. The van der Waals surface area contributed by atoms with E-state index < -0.39 is 0 Å². The van der Waals surface area contributed by atoms with Crippen LogP contribution >= 0.6 is 11.6 Å². The zero-order valence-corrected chi connectivity index (χ0v) is 16.0. The third-order valence-electron chi connectivity index (χ3n) is 3.55. The molecule has 0 fully saturated rings. The van der Waals surface area contributed by atoms with Crippen LogP contribution in [0.25, 0.3) is 0 Å². The number of hydrogen-bond donors (Lipinski definition) is 2. The van der Waals surface area contributed by atoms with E-state index in [4.69, 9.17) is 21.1 Å². The van der Waals surface area contributed by atoms with Gasteiger partial charge in [-0.05, 0) is 49.4 Å². The molecule has 0 bridgehead atoms. The Morgan fingerprint density at radius 2 is 1.78 bits per heavy atom. The molecular weight excluding hydrogens is 370 g/mol. The lowest BCUT2D eigenvalue weighted by Gasteiger charge is -2.10. The fraction of sp³-hybridized carbons (Fsp3) is 0.211. The van der Waals surface area contributed by atoms with Gasteiger partial charge >= 0.3 is 0 Å². The van der Waals surface area contributed by atoms with Crippen LogP contribution in [0, 0.1) is 0 Å². The Bertz CT molecular complexity index is 851. The molecule has 0 saturated carbocycles. The molecule has 27 heavy (non-hydrogen) atoms. The first kappa shape index (κ1) is 20.3. The Morgan fingerprint density at radius 1 is 1.07 bits per heavy atom. The van der Waals surface area contributed by atoms with E-state index in [2.05, 4.69) is 15.8 Å². The summed E-state index contributed by atoms with van der Waals surface area (Å²) in [7, 11) is 3.05. The standard InChI is InChI=1S/C19H20ClN3O4/c1-12(22-23-19(25)13-4-7-15(26-2)8-5-13)10-18(24)21-16-11-14(20)6-9-17(16)27-3/h4-9,11H,10H2,1-3H3,(H,21,24)(H,23,25)/b22-12-. The van der Waals surface area contributed by atoms with Crippen LogP contribution in [0.5, 0.6) is 11.5 Å². The highest BCUT2D eigenvalue weighted by Gasteiger charge is 2.10. The number of ether oxygens (including phenoxy) is 2. The lowest BCUT2D eigenvalue weighted by atomic mass is 10.2. The number of carbonyl (C=O) groups excluding carboxylic acids is 2. The number of anilines is 1. The summed E-state index contributed by atoms with van der Waals surface area (Å²) >= 11 is 5.94. The molecule has 0 aromatic heterocycles. The molecule has 0 aliphatic heterocycles. The van der Waals surface area contributed by atoms with Crippen molar-refractivity contribution in [1.29, 1.82) is 0 Å². The van der Waals surface area contributed by atoms with Crippen molar-refractivity contribution in [2.75, 3.05) is 19.5 Å². The molecule has 8 heteroatoms. The van der Waals surface area contributed by atoms with Gasteiger partial charge < -0.3 is 14.8 Å². The number of rotatable bonds is 7. The Kier molecular flexibility index (Phi) is 7.19. The molecule has 2 aromatic carbocycles. The molecule has 0 aliphatic rings. The molecular formula is C19H20ClN3O4. The van der Waals surface area contributed by atoms with Crippen LogP contribution in [0.3, 0.4) is 0 Å². The van der Waals surface area contributed by atoms with E-state index in [-0.39, 0.29) is 18.2 Å². The minimum Gasteiger partial charge on any atom is -0.497 e. The average Bonchev–Trinajstić information content (AvgIpc) is 2.66. The number of hydrazone groups is 1.